The van der Waals surface area contributed by atoms with Crippen LogP contribution in [0.15, 0.2) is 132 Å². The largest absolute Gasteiger partial charge is 0.501 e. The molecular weight excluding hydrogens is 1340 g/mol. The number of fused-ring (bicyclic) bond motifs is 6. The van der Waals surface area contributed by atoms with Gasteiger partial charge in [-0.2, -0.15) is 18.3 Å². The SMILES string of the molecule is Cc1cn2c(NCc3c(F)ccc4c3CCO4)ncc(-c3ccc(CN(C)C)c(F)c3Cl)c2n1.Cc1cn2c(NCc3c(F)ccc4c3CCO4)ncc(-c3ccc(S(=O)(=O)C(F)(F)F)cc3)c2n1.Cc1cn2c(NCc3c(F)ccc4sccc34)ncc(-c3cc(C)nn3C)c2n1. The number of anilines is 3. The number of rotatable bonds is 15. The first kappa shape index (κ1) is 66.5. The van der Waals surface area contributed by atoms with Crippen molar-refractivity contribution in [2.24, 2.45) is 7.05 Å². The van der Waals surface area contributed by atoms with Gasteiger partial charge in [0.25, 0.3) is 9.84 Å². The van der Waals surface area contributed by atoms with E-state index in [0.29, 0.717) is 124 Å². The number of alkyl halides is 3. The average Bonchev–Trinajstić information content (AvgIpc) is 1.54. The molecule has 5 aromatic carbocycles. The van der Waals surface area contributed by atoms with E-state index in [4.69, 9.17) is 21.1 Å². The number of nitrogens with zero attached hydrogens (tertiary/aromatic N) is 12. The van der Waals surface area contributed by atoms with Gasteiger partial charge in [0.05, 0.1) is 57.2 Å². The minimum atomic E-state index is -5.45. The number of sulfone groups is 1. The van der Waals surface area contributed by atoms with Crippen LogP contribution in [0.1, 0.15) is 56.2 Å². The summed E-state index contributed by atoms with van der Waals surface area (Å²) >= 11 is 8.06. The first-order valence-electron chi connectivity index (χ1n) is 30.7. The third-order valence-corrected chi connectivity index (χ3v) is 19.4. The number of aromatic nitrogens is 11. The molecule has 19 nitrogen and oxygen atoms in total. The first-order valence-corrected chi connectivity index (χ1v) is 33.5. The van der Waals surface area contributed by atoms with Gasteiger partial charge in [0, 0.05) is 143 Å². The second-order valence-corrected chi connectivity index (χ2v) is 27.0. The number of nitrogens with one attached hydrogen (secondary N) is 3. The number of thiophene rings is 1. The molecule has 2 aliphatic rings. The summed E-state index contributed by atoms with van der Waals surface area (Å²) in [6, 6.07) is 21.2. The Bertz CT molecular complexity index is 5360. The maximum atomic E-state index is 15.0. The van der Waals surface area contributed by atoms with E-state index in [2.05, 4.69) is 51.0 Å². The lowest BCUT2D eigenvalue weighted by Gasteiger charge is -2.15. The molecule has 10 heterocycles. The fourth-order valence-corrected chi connectivity index (χ4v) is 14.0. The predicted molar refractivity (Wildman–Crippen MR) is 362 cm³/mol. The molecule has 0 atom stereocenters. The van der Waals surface area contributed by atoms with Crippen LogP contribution in [0.25, 0.3) is 60.5 Å². The van der Waals surface area contributed by atoms with Crippen molar-refractivity contribution in [2.75, 3.05) is 43.3 Å². The van der Waals surface area contributed by atoms with Crippen LogP contribution in [0, 0.1) is 51.0 Å². The van der Waals surface area contributed by atoms with Gasteiger partial charge in [-0.1, -0.05) is 35.9 Å². The fraction of sp³-hybridized carbons (Fsp3) is 0.232. The van der Waals surface area contributed by atoms with Crippen molar-refractivity contribution in [3.63, 3.8) is 0 Å². The fourth-order valence-electron chi connectivity index (χ4n) is 12.1. The number of benzene rings is 5. The summed E-state index contributed by atoms with van der Waals surface area (Å²) in [4.78, 5) is 28.4. The second kappa shape index (κ2) is 26.7. The molecule has 0 amide bonds. The zero-order chi connectivity index (χ0) is 69.1. The Balaban J connectivity index is 0.000000133. The summed E-state index contributed by atoms with van der Waals surface area (Å²) < 4.78 is 140. The molecular formula is C69H61ClF7N15O4S2. The molecule has 0 spiro atoms. The van der Waals surface area contributed by atoms with E-state index in [1.165, 1.54) is 36.5 Å². The number of aryl methyl sites for hydroxylation is 5. The van der Waals surface area contributed by atoms with Gasteiger partial charge in [-0.15, -0.1) is 11.3 Å². The van der Waals surface area contributed by atoms with Crippen molar-refractivity contribution < 1.29 is 48.6 Å². The van der Waals surface area contributed by atoms with Gasteiger partial charge >= 0.3 is 5.51 Å². The maximum absolute atomic E-state index is 15.0. The molecule has 3 N–H and O–H groups in total. The summed E-state index contributed by atoms with van der Waals surface area (Å²) in [6.45, 7) is 9.75. The zero-order valence-electron chi connectivity index (χ0n) is 53.6. The third-order valence-electron chi connectivity index (χ3n) is 16.7. The molecule has 504 valence electrons. The van der Waals surface area contributed by atoms with E-state index < -0.39 is 26.1 Å². The van der Waals surface area contributed by atoms with E-state index in [1.54, 1.807) is 69.9 Å². The number of hydrogen-bond acceptors (Lipinski definition) is 16. The molecule has 0 saturated heterocycles. The van der Waals surface area contributed by atoms with E-state index in [0.717, 1.165) is 73.1 Å². The summed E-state index contributed by atoms with van der Waals surface area (Å²) in [7, 11) is 0.202. The van der Waals surface area contributed by atoms with Crippen LogP contribution in [0.4, 0.5) is 48.6 Å². The minimum absolute atomic E-state index is 0.0336. The zero-order valence-corrected chi connectivity index (χ0v) is 56.0. The summed E-state index contributed by atoms with van der Waals surface area (Å²) in [5, 5.41) is 17.0. The van der Waals surface area contributed by atoms with Gasteiger partial charge in [-0.05, 0) is 113 Å². The number of halogens is 8. The van der Waals surface area contributed by atoms with Crippen LogP contribution in [0.5, 0.6) is 11.5 Å². The van der Waals surface area contributed by atoms with Crippen molar-refractivity contribution in [1.82, 2.24) is 57.8 Å². The third kappa shape index (κ3) is 12.9. The van der Waals surface area contributed by atoms with Gasteiger partial charge in [0.2, 0.25) is 17.8 Å². The highest BCUT2D eigenvalue weighted by atomic mass is 35.5. The quantitative estimate of drug-likeness (QED) is 0.0818. The van der Waals surface area contributed by atoms with E-state index in [1.807, 2.05) is 91.9 Å². The molecule has 8 aromatic heterocycles. The average molecular weight is 1400 g/mol. The molecule has 0 unspecified atom stereocenters. The number of imidazole rings is 3. The molecule has 0 fully saturated rings. The summed E-state index contributed by atoms with van der Waals surface area (Å²) in [5.74, 6) is 1.57. The summed E-state index contributed by atoms with van der Waals surface area (Å²) in [5.41, 5.74) is 7.45. The van der Waals surface area contributed by atoms with Crippen LogP contribution in [0.2, 0.25) is 5.02 Å². The lowest BCUT2D eigenvalue weighted by atomic mass is 10.0. The van der Waals surface area contributed by atoms with Crippen molar-refractivity contribution in [3.8, 4) is 45.0 Å². The second-order valence-electron chi connectivity index (χ2n) is 23.7. The predicted octanol–water partition coefficient (Wildman–Crippen LogP) is 14.6. The topological polar surface area (TPSA) is 200 Å². The standard InChI is InChI=1S/C25H24ClF2N5O.C23H18F4N4O3S.C21H19FN6S/c1-14-12-33-24(31-14)19(17-5-4-15(13-32(2)3)23(28)22(17)26)11-30-25(33)29-10-18-16-8-9-34-21(16)7-6-20(18)27;1-13-12-31-21(30-13)17(14-2-4-15(5-3-14)35(32,33)23(25,26)27)10-28-22(31)29-11-18-16-8-9-34-20(16)7-6-19(18)24;1-12-8-18(27(3)26-12)16-10-24-21(28-11-13(2)25-20(16)28)23-9-15-14-6-7-29-19(14)5-4-17(15)22/h4-7,11-12H,8-10,13H2,1-3H3,(H,29,30);2-7,10,12H,8-9,11H2,1H3,(H,28,29);4-8,10-11H,9H2,1-3H3,(H,23,24). The minimum Gasteiger partial charge on any atom is -0.493 e. The van der Waals surface area contributed by atoms with Crippen LogP contribution >= 0.6 is 22.9 Å². The lowest BCUT2D eigenvalue weighted by Crippen LogP contribution is -2.23. The highest BCUT2D eigenvalue weighted by molar-refractivity contribution is 7.92. The Morgan fingerprint density at radius 3 is 1.61 bits per heavy atom. The van der Waals surface area contributed by atoms with E-state index >= 15 is 0 Å². The molecule has 15 rings (SSSR count). The number of ether oxygens (including phenoxy) is 2. The van der Waals surface area contributed by atoms with Crippen LogP contribution < -0.4 is 25.4 Å². The molecule has 13 aromatic rings. The normalized spacial score (nSPS) is 12.8. The molecule has 0 aliphatic carbocycles. The van der Waals surface area contributed by atoms with Gasteiger partial charge in [-0.3, -0.25) is 17.9 Å². The van der Waals surface area contributed by atoms with Crippen LogP contribution in [-0.2, 0) is 55.9 Å². The van der Waals surface area contributed by atoms with Crippen LogP contribution in [-0.4, -0.2) is 99.0 Å². The Labute approximate surface area is 565 Å². The van der Waals surface area contributed by atoms with Gasteiger partial charge < -0.3 is 30.3 Å². The van der Waals surface area contributed by atoms with Crippen molar-refractivity contribution in [2.45, 2.75) is 77.1 Å². The van der Waals surface area contributed by atoms with Gasteiger partial charge in [-0.25, -0.2) is 55.9 Å². The smallest absolute Gasteiger partial charge is 0.493 e. The molecule has 0 bridgehead atoms. The van der Waals surface area contributed by atoms with E-state index in [9.17, 15) is 39.2 Å². The maximum Gasteiger partial charge on any atom is 0.501 e. The molecule has 2 aliphatic heterocycles. The van der Waals surface area contributed by atoms with Crippen molar-refractivity contribution in [3.05, 3.63) is 212 Å². The van der Waals surface area contributed by atoms with Crippen LogP contribution in [0.3, 0.4) is 0 Å². The highest BCUT2D eigenvalue weighted by Crippen LogP contribution is 2.39. The Morgan fingerprint density at radius 1 is 0.602 bits per heavy atom. The molecule has 0 saturated carbocycles. The Kier molecular flexibility index (Phi) is 18.1. The van der Waals surface area contributed by atoms with Crippen molar-refractivity contribution >= 4 is 77.6 Å². The van der Waals surface area contributed by atoms with Crippen molar-refractivity contribution in [1.29, 1.82) is 0 Å². The molecule has 29 heteroatoms. The first-order chi connectivity index (χ1) is 46.9. The highest BCUT2D eigenvalue weighted by Gasteiger charge is 2.47. The number of hydrogen-bond donors (Lipinski definition) is 3. The summed E-state index contributed by atoms with van der Waals surface area (Å²) in [6.07, 6.45) is 11.6. The monoisotopic (exact) mass is 1400 g/mol. The Morgan fingerprint density at radius 2 is 1.09 bits per heavy atom. The molecule has 98 heavy (non-hydrogen) atoms. The lowest BCUT2D eigenvalue weighted by molar-refractivity contribution is -0.0436. The molecule has 0 radical (unpaired) electrons. The van der Waals surface area contributed by atoms with Gasteiger partial charge in [0.15, 0.2) is 5.65 Å². The van der Waals surface area contributed by atoms with Gasteiger partial charge in [0.1, 0.15) is 46.1 Å². The van der Waals surface area contributed by atoms with E-state index in [-0.39, 0.29) is 35.6 Å². The Hall–Kier alpha value is -10.2.